The van der Waals surface area contributed by atoms with Gasteiger partial charge in [0.15, 0.2) is 17.5 Å². The Morgan fingerprint density at radius 1 is 1.20 bits per heavy atom. The summed E-state index contributed by atoms with van der Waals surface area (Å²) in [6.45, 7) is 11.3. The summed E-state index contributed by atoms with van der Waals surface area (Å²) in [6.07, 6.45) is 1.96. The quantitative estimate of drug-likeness (QED) is 0.180. The molecular formula is C22H35IN4O2S. The van der Waals surface area contributed by atoms with Crippen molar-refractivity contribution in [2.75, 3.05) is 26.8 Å². The normalized spacial score (nSPS) is 11.2. The maximum Gasteiger partial charge on any atom is 0.191 e. The van der Waals surface area contributed by atoms with Crippen molar-refractivity contribution in [1.29, 1.82) is 0 Å². The number of aliphatic imine (C=N–C) groups is 1. The molecule has 2 aromatic rings. The second-order valence-electron chi connectivity index (χ2n) is 6.96. The van der Waals surface area contributed by atoms with E-state index in [4.69, 9.17) is 9.47 Å². The Kier molecular flexibility index (Phi) is 12.8. The zero-order valence-corrected chi connectivity index (χ0v) is 21.8. The van der Waals surface area contributed by atoms with Gasteiger partial charge in [-0.2, -0.15) is 0 Å². The molecule has 1 aromatic carbocycles. The lowest BCUT2D eigenvalue weighted by Gasteiger charge is -2.12. The first-order valence-electron chi connectivity index (χ1n) is 10.3. The Bertz CT molecular complexity index is 780. The number of nitrogens with zero attached hydrogens (tertiary/aromatic N) is 2. The van der Waals surface area contributed by atoms with E-state index in [0.717, 1.165) is 54.1 Å². The van der Waals surface area contributed by atoms with Gasteiger partial charge in [-0.15, -0.1) is 35.3 Å². The SMILES string of the molecule is CCNC(=NCc1nc(C(C)C)cs1)NCCCc1ccc(OC)c(OCC)c1.I. The van der Waals surface area contributed by atoms with Crippen LogP contribution in [0.15, 0.2) is 28.6 Å². The smallest absolute Gasteiger partial charge is 0.191 e. The van der Waals surface area contributed by atoms with Crippen molar-refractivity contribution >= 4 is 41.3 Å². The third-order valence-electron chi connectivity index (χ3n) is 4.34. The summed E-state index contributed by atoms with van der Waals surface area (Å²) in [5.74, 6) is 2.87. The van der Waals surface area contributed by atoms with E-state index in [2.05, 4.69) is 58.9 Å². The Morgan fingerprint density at radius 2 is 2.00 bits per heavy atom. The Hall–Kier alpha value is -1.55. The molecule has 6 nitrogen and oxygen atoms in total. The van der Waals surface area contributed by atoms with Gasteiger partial charge in [0.25, 0.3) is 0 Å². The molecule has 0 fully saturated rings. The van der Waals surface area contributed by atoms with Crippen LogP contribution < -0.4 is 20.1 Å². The number of benzene rings is 1. The van der Waals surface area contributed by atoms with Crippen molar-refractivity contribution in [1.82, 2.24) is 15.6 Å². The lowest BCUT2D eigenvalue weighted by atomic mass is 10.1. The highest BCUT2D eigenvalue weighted by atomic mass is 127. The van der Waals surface area contributed by atoms with Gasteiger partial charge in [0, 0.05) is 18.5 Å². The molecule has 0 bridgehead atoms. The molecule has 2 N–H and O–H groups in total. The highest BCUT2D eigenvalue weighted by molar-refractivity contribution is 14.0. The number of aryl methyl sites for hydroxylation is 1. The maximum absolute atomic E-state index is 5.66. The number of ether oxygens (including phenoxy) is 2. The molecular weight excluding hydrogens is 511 g/mol. The van der Waals surface area contributed by atoms with Gasteiger partial charge in [-0.3, -0.25) is 0 Å². The monoisotopic (exact) mass is 546 g/mol. The van der Waals surface area contributed by atoms with Gasteiger partial charge < -0.3 is 20.1 Å². The highest BCUT2D eigenvalue weighted by Crippen LogP contribution is 2.28. The minimum atomic E-state index is 0. The summed E-state index contributed by atoms with van der Waals surface area (Å²) in [6, 6.07) is 6.13. The van der Waals surface area contributed by atoms with Crippen LogP contribution in [0.4, 0.5) is 0 Å². The summed E-state index contributed by atoms with van der Waals surface area (Å²) in [5.41, 5.74) is 2.38. The third-order valence-corrected chi connectivity index (χ3v) is 5.19. The highest BCUT2D eigenvalue weighted by Gasteiger charge is 2.07. The molecule has 30 heavy (non-hydrogen) atoms. The standard InChI is InChI=1S/C22H34N4O2S.HI/c1-6-23-22(25-14-21-26-18(15-29-21)16(3)4)24-12-8-9-17-10-11-19(27-5)20(13-17)28-7-2;/h10-11,13,15-16H,6-9,12,14H2,1-5H3,(H2,23,24,25);1H. The number of rotatable bonds is 11. The van der Waals surface area contributed by atoms with Crippen molar-refractivity contribution in [3.05, 3.63) is 39.8 Å². The van der Waals surface area contributed by atoms with Gasteiger partial charge >= 0.3 is 0 Å². The van der Waals surface area contributed by atoms with E-state index in [9.17, 15) is 0 Å². The zero-order valence-electron chi connectivity index (χ0n) is 18.7. The molecule has 0 atom stereocenters. The van der Waals surface area contributed by atoms with E-state index in [1.807, 2.05) is 13.0 Å². The van der Waals surface area contributed by atoms with Crippen molar-refractivity contribution < 1.29 is 9.47 Å². The molecule has 2 rings (SSSR count). The Labute approximate surface area is 201 Å². The molecule has 168 valence electrons. The molecule has 0 radical (unpaired) electrons. The molecule has 8 heteroatoms. The van der Waals surface area contributed by atoms with E-state index in [1.165, 1.54) is 5.56 Å². The third kappa shape index (κ3) is 8.67. The Balaban J connectivity index is 0.00000450. The predicted octanol–water partition coefficient (Wildman–Crippen LogP) is 4.98. The number of guanidine groups is 1. The minimum Gasteiger partial charge on any atom is -0.493 e. The van der Waals surface area contributed by atoms with Crippen LogP contribution in [0, 0.1) is 0 Å². The number of hydrogen-bond acceptors (Lipinski definition) is 5. The molecule has 0 aliphatic rings. The first-order valence-corrected chi connectivity index (χ1v) is 11.2. The van der Waals surface area contributed by atoms with Crippen LogP contribution in [0.3, 0.4) is 0 Å². The van der Waals surface area contributed by atoms with E-state index in [1.54, 1.807) is 18.4 Å². The summed E-state index contributed by atoms with van der Waals surface area (Å²) in [5, 5.41) is 9.89. The minimum absolute atomic E-state index is 0. The Morgan fingerprint density at radius 3 is 2.63 bits per heavy atom. The number of thiazole rings is 1. The van der Waals surface area contributed by atoms with Crippen LogP contribution in [0.2, 0.25) is 0 Å². The molecule has 0 saturated heterocycles. The topological polar surface area (TPSA) is 67.8 Å². The fourth-order valence-electron chi connectivity index (χ4n) is 2.80. The second kappa shape index (κ2) is 14.5. The summed E-state index contributed by atoms with van der Waals surface area (Å²) < 4.78 is 11.0. The van der Waals surface area contributed by atoms with Gasteiger partial charge in [0.2, 0.25) is 0 Å². The molecule has 1 aromatic heterocycles. The van der Waals surface area contributed by atoms with Crippen molar-refractivity contribution in [2.45, 2.75) is 53.0 Å². The lowest BCUT2D eigenvalue weighted by Crippen LogP contribution is -2.37. The largest absolute Gasteiger partial charge is 0.493 e. The first kappa shape index (κ1) is 26.5. The molecule has 0 aliphatic carbocycles. The van der Waals surface area contributed by atoms with Crippen LogP contribution in [0.5, 0.6) is 11.5 Å². The number of halogens is 1. The van der Waals surface area contributed by atoms with E-state index >= 15 is 0 Å². The summed E-state index contributed by atoms with van der Waals surface area (Å²) in [4.78, 5) is 9.32. The first-order chi connectivity index (χ1) is 14.1. The molecule has 0 spiro atoms. The van der Waals surface area contributed by atoms with E-state index < -0.39 is 0 Å². The van der Waals surface area contributed by atoms with Crippen LogP contribution >= 0.6 is 35.3 Å². The fraction of sp³-hybridized carbons (Fsp3) is 0.545. The van der Waals surface area contributed by atoms with Gasteiger partial charge in [-0.1, -0.05) is 19.9 Å². The summed E-state index contributed by atoms with van der Waals surface area (Å²) >= 11 is 1.68. The van der Waals surface area contributed by atoms with Gasteiger partial charge in [-0.05, 0) is 50.3 Å². The molecule has 0 saturated carbocycles. The van der Waals surface area contributed by atoms with Gasteiger partial charge in [0.05, 0.1) is 26.0 Å². The van der Waals surface area contributed by atoms with Crippen LogP contribution in [-0.4, -0.2) is 37.7 Å². The average Bonchev–Trinajstić information content (AvgIpc) is 3.19. The molecule has 0 unspecified atom stereocenters. The van der Waals surface area contributed by atoms with Crippen molar-refractivity contribution in [2.24, 2.45) is 4.99 Å². The van der Waals surface area contributed by atoms with Crippen LogP contribution in [0.25, 0.3) is 0 Å². The maximum atomic E-state index is 5.66. The zero-order chi connectivity index (χ0) is 21.1. The number of nitrogens with one attached hydrogen (secondary N) is 2. The number of hydrogen-bond donors (Lipinski definition) is 2. The molecule has 0 aliphatic heterocycles. The van der Waals surface area contributed by atoms with Crippen LogP contribution in [0.1, 0.15) is 56.3 Å². The van der Waals surface area contributed by atoms with Crippen molar-refractivity contribution in [3.63, 3.8) is 0 Å². The lowest BCUT2D eigenvalue weighted by molar-refractivity contribution is 0.310. The van der Waals surface area contributed by atoms with Crippen molar-refractivity contribution in [3.8, 4) is 11.5 Å². The van der Waals surface area contributed by atoms with E-state index in [-0.39, 0.29) is 24.0 Å². The van der Waals surface area contributed by atoms with Gasteiger partial charge in [0.1, 0.15) is 5.01 Å². The molecule has 1 heterocycles. The summed E-state index contributed by atoms with van der Waals surface area (Å²) in [7, 11) is 1.67. The average molecular weight is 547 g/mol. The second-order valence-corrected chi connectivity index (χ2v) is 7.91. The predicted molar refractivity (Wildman–Crippen MR) is 137 cm³/mol. The van der Waals surface area contributed by atoms with Gasteiger partial charge in [-0.25, -0.2) is 9.98 Å². The number of aromatic nitrogens is 1. The number of methoxy groups -OCH3 is 1. The molecule has 0 amide bonds. The van der Waals surface area contributed by atoms with E-state index in [0.29, 0.717) is 19.1 Å². The fourth-order valence-corrected chi connectivity index (χ4v) is 3.67. The van der Waals surface area contributed by atoms with Crippen LogP contribution in [-0.2, 0) is 13.0 Å².